The second kappa shape index (κ2) is 7.93. The van der Waals surface area contributed by atoms with Crippen molar-refractivity contribution in [3.63, 3.8) is 0 Å². The van der Waals surface area contributed by atoms with E-state index in [0.717, 1.165) is 37.1 Å². The van der Waals surface area contributed by atoms with Crippen molar-refractivity contribution in [2.75, 3.05) is 0 Å². The van der Waals surface area contributed by atoms with E-state index in [-0.39, 0.29) is 17.3 Å². The molecular weight excluding hydrogens is 431 g/mol. The highest BCUT2D eigenvalue weighted by atomic mass is 32.1. The fraction of sp³-hybridized carbons (Fsp3) is 0.321. The molecule has 0 radical (unpaired) electrons. The van der Waals surface area contributed by atoms with E-state index in [0.29, 0.717) is 12.3 Å². The molecule has 5 heteroatoms. The van der Waals surface area contributed by atoms with E-state index in [9.17, 15) is 9.50 Å². The van der Waals surface area contributed by atoms with Gasteiger partial charge < -0.3 is 5.11 Å². The second-order valence-corrected chi connectivity index (χ2v) is 10.7. The van der Waals surface area contributed by atoms with Crippen LogP contribution >= 0.6 is 11.3 Å². The molecule has 2 aromatic carbocycles. The van der Waals surface area contributed by atoms with E-state index >= 15 is 0 Å². The number of allylic oxidation sites excluding steroid dienone is 1. The third kappa shape index (κ3) is 3.54. The van der Waals surface area contributed by atoms with Gasteiger partial charge >= 0.3 is 0 Å². The maximum absolute atomic E-state index is 13.4. The van der Waals surface area contributed by atoms with Crippen LogP contribution in [0.1, 0.15) is 43.0 Å². The van der Waals surface area contributed by atoms with Crippen molar-refractivity contribution in [2.24, 2.45) is 11.3 Å². The molecule has 2 heterocycles. The van der Waals surface area contributed by atoms with E-state index < -0.39 is 0 Å². The Hall–Kier alpha value is -2.76. The number of thiophene rings is 1. The molecule has 0 saturated heterocycles. The molecule has 0 spiro atoms. The van der Waals surface area contributed by atoms with Crippen LogP contribution in [0.3, 0.4) is 0 Å². The summed E-state index contributed by atoms with van der Waals surface area (Å²) in [6, 6.07) is 15.0. The van der Waals surface area contributed by atoms with Gasteiger partial charge in [-0.05, 0) is 102 Å². The summed E-state index contributed by atoms with van der Waals surface area (Å²) in [5.74, 6) is 0.212. The lowest BCUT2D eigenvalue weighted by Crippen LogP contribution is -2.31. The molecular formula is C28H27FN2OS. The van der Waals surface area contributed by atoms with Crippen molar-refractivity contribution in [3.8, 4) is 5.69 Å². The smallest absolute Gasteiger partial charge is 0.123 e. The number of fused-ring (bicyclic) bond motifs is 3. The number of aliphatic hydroxyl groups excluding tert-OH is 1. The number of nitrogens with zero attached hydrogens (tertiary/aromatic N) is 2. The topological polar surface area (TPSA) is 38.0 Å². The van der Waals surface area contributed by atoms with Gasteiger partial charge in [0, 0.05) is 4.70 Å². The normalized spacial score (nSPS) is 22.8. The zero-order valence-electron chi connectivity index (χ0n) is 18.7. The molecule has 1 fully saturated rings. The van der Waals surface area contributed by atoms with Crippen molar-refractivity contribution in [2.45, 2.75) is 45.1 Å². The lowest BCUT2D eigenvalue weighted by Gasteiger charge is -2.37. The van der Waals surface area contributed by atoms with Crippen molar-refractivity contribution >= 4 is 27.5 Å². The van der Waals surface area contributed by atoms with Gasteiger partial charge in [0.05, 0.1) is 23.7 Å². The summed E-state index contributed by atoms with van der Waals surface area (Å²) in [6.45, 7) is 2.36. The summed E-state index contributed by atoms with van der Waals surface area (Å²) in [6.07, 6.45) is 8.56. The van der Waals surface area contributed by atoms with E-state index in [1.807, 2.05) is 10.9 Å². The first kappa shape index (κ1) is 20.8. The van der Waals surface area contributed by atoms with E-state index in [1.165, 1.54) is 38.9 Å². The SMILES string of the molecule is C[C@]12Cc3cnn(-c4ccc(F)cc4)c3C=C1CC[C@@H]2C[C@@H](O)Cc1csc2ccccc12. The number of hydrogen-bond acceptors (Lipinski definition) is 3. The quantitative estimate of drug-likeness (QED) is 0.367. The lowest BCUT2D eigenvalue weighted by molar-refractivity contribution is 0.112. The number of benzene rings is 2. The zero-order chi connectivity index (χ0) is 22.6. The van der Waals surface area contributed by atoms with Crippen LogP contribution < -0.4 is 0 Å². The van der Waals surface area contributed by atoms with Gasteiger partial charge in [0.25, 0.3) is 0 Å². The molecule has 1 saturated carbocycles. The van der Waals surface area contributed by atoms with Crippen LogP contribution in [-0.2, 0) is 12.8 Å². The summed E-state index contributed by atoms with van der Waals surface area (Å²) in [5.41, 5.74) is 5.99. The molecule has 0 aliphatic heterocycles. The Morgan fingerprint density at radius 3 is 2.88 bits per heavy atom. The molecule has 0 amide bonds. The van der Waals surface area contributed by atoms with Crippen molar-refractivity contribution in [1.29, 1.82) is 0 Å². The molecule has 33 heavy (non-hydrogen) atoms. The highest BCUT2D eigenvalue weighted by Gasteiger charge is 2.45. The minimum absolute atomic E-state index is 0.0569. The maximum Gasteiger partial charge on any atom is 0.123 e. The number of rotatable bonds is 5. The van der Waals surface area contributed by atoms with Crippen LogP contribution in [0, 0.1) is 17.2 Å². The Labute approximate surface area is 197 Å². The highest BCUT2D eigenvalue weighted by Crippen LogP contribution is 2.54. The Kier molecular flexibility index (Phi) is 5.00. The molecule has 2 aromatic heterocycles. The largest absolute Gasteiger partial charge is 0.393 e. The van der Waals surface area contributed by atoms with Crippen molar-refractivity contribution in [3.05, 3.63) is 88.3 Å². The molecule has 3 atom stereocenters. The van der Waals surface area contributed by atoms with Gasteiger partial charge in [-0.2, -0.15) is 5.10 Å². The first-order chi connectivity index (χ1) is 16.0. The first-order valence-corrected chi connectivity index (χ1v) is 12.6. The summed E-state index contributed by atoms with van der Waals surface area (Å²) >= 11 is 1.76. The van der Waals surface area contributed by atoms with Crippen LogP contribution in [-0.4, -0.2) is 21.0 Å². The van der Waals surface area contributed by atoms with Crippen LogP contribution in [0.25, 0.3) is 21.8 Å². The Bertz CT molecular complexity index is 1350. The van der Waals surface area contributed by atoms with Crippen LogP contribution in [0.2, 0.25) is 0 Å². The van der Waals surface area contributed by atoms with Gasteiger partial charge in [-0.15, -0.1) is 11.3 Å². The number of halogens is 1. The molecule has 6 rings (SSSR count). The van der Waals surface area contributed by atoms with Crippen LogP contribution in [0.5, 0.6) is 0 Å². The summed E-state index contributed by atoms with van der Waals surface area (Å²) in [7, 11) is 0. The fourth-order valence-electron chi connectivity index (χ4n) is 5.96. The first-order valence-electron chi connectivity index (χ1n) is 11.7. The Morgan fingerprint density at radius 1 is 1.21 bits per heavy atom. The third-order valence-corrected chi connectivity index (χ3v) is 8.81. The van der Waals surface area contributed by atoms with E-state index in [1.54, 1.807) is 23.5 Å². The monoisotopic (exact) mass is 458 g/mol. The average Bonchev–Trinajstić information content (AvgIpc) is 3.49. The third-order valence-electron chi connectivity index (χ3n) is 7.80. The minimum atomic E-state index is -0.340. The molecule has 0 unspecified atom stereocenters. The average molecular weight is 459 g/mol. The molecule has 2 aliphatic carbocycles. The number of aromatic nitrogens is 2. The van der Waals surface area contributed by atoms with Crippen LogP contribution in [0.15, 0.2) is 65.7 Å². The maximum atomic E-state index is 13.4. The second-order valence-electron chi connectivity index (χ2n) is 9.79. The predicted molar refractivity (Wildman–Crippen MR) is 132 cm³/mol. The van der Waals surface area contributed by atoms with Gasteiger partial charge in [-0.25, -0.2) is 9.07 Å². The Morgan fingerprint density at radius 2 is 2.03 bits per heavy atom. The molecule has 4 aromatic rings. The van der Waals surface area contributed by atoms with Gasteiger partial charge in [0.1, 0.15) is 5.82 Å². The minimum Gasteiger partial charge on any atom is -0.393 e. The molecule has 2 aliphatic rings. The summed E-state index contributed by atoms with van der Waals surface area (Å²) < 4.78 is 16.6. The number of aliphatic hydroxyl groups is 1. The van der Waals surface area contributed by atoms with Crippen molar-refractivity contribution < 1.29 is 9.50 Å². The van der Waals surface area contributed by atoms with Gasteiger partial charge in [0.15, 0.2) is 0 Å². The Balaban J connectivity index is 1.22. The fourth-order valence-corrected chi connectivity index (χ4v) is 6.93. The zero-order valence-corrected chi connectivity index (χ0v) is 19.5. The summed E-state index contributed by atoms with van der Waals surface area (Å²) in [4.78, 5) is 0. The highest BCUT2D eigenvalue weighted by molar-refractivity contribution is 7.17. The molecule has 3 nitrogen and oxygen atoms in total. The van der Waals surface area contributed by atoms with Gasteiger partial charge in [0.2, 0.25) is 0 Å². The van der Waals surface area contributed by atoms with Gasteiger partial charge in [-0.3, -0.25) is 0 Å². The molecule has 0 bridgehead atoms. The molecule has 1 N–H and O–H groups in total. The predicted octanol–water partition coefficient (Wildman–Crippen LogP) is 6.58. The molecule has 168 valence electrons. The van der Waals surface area contributed by atoms with Gasteiger partial charge in [-0.1, -0.05) is 30.7 Å². The number of hydrogen-bond donors (Lipinski definition) is 1. The van der Waals surface area contributed by atoms with Crippen molar-refractivity contribution in [1.82, 2.24) is 9.78 Å². The van der Waals surface area contributed by atoms with E-state index in [4.69, 9.17) is 0 Å². The standard InChI is InChI=1S/C28H27FN2OS/c1-28-15-19-16-30-31(23-10-8-22(29)9-11-23)26(19)14-21(28)7-6-20(28)13-24(32)12-18-17-33-27-5-3-2-4-25(18)27/h2-5,8-11,14,16-17,20,24,32H,6-7,12-13,15H2,1H3/t20-,24+,28-/m1/s1. The lowest BCUT2D eigenvalue weighted by atomic mass is 9.68. The summed E-state index contributed by atoms with van der Waals surface area (Å²) in [5, 5.41) is 19.2. The van der Waals surface area contributed by atoms with E-state index in [2.05, 4.69) is 47.7 Å². The van der Waals surface area contributed by atoms with Crippen LogP contribution in [0.4, 0.5) is 4.39 Å².